The molecule has 7 heteroatoms. The van der Waals surface area contributed by atoms with Gasteiger partial charge in [0.1, 0.15) is 11.7 Å². The van der Waals surface area contributed by atoms with E-state index in [2.05, 4.69) is 15.6 Å². The van der Waals surface area contributed by atoms with Crippen LogP contribution in [0.25, 0.3) is 10.9 Å². The van der Waals surface area contributed by atoms with Gasteiger partial charge in [-0.1, -0.05) is 18.2 Å². The maximum Gasteiger partial charge on any atom is 0.268 e. The van der Waals surface area contributed by atoms with E-state index in [1.165, 1.54) is 13.1 Å². The van der Waals surface area contributed by atoms with Crippen LogP contribution in [0.3, 0.4) is 0 Å². The number of carbonyl (C=O) groups is 2. The Labute approximate surface area is 148 Å². The third-order valence-corrected chi connectivity index (χ3v) is 4.08. The molecule has 0 spiro atoms. The van der Waals surface area contributed by atoms with Crippen molar-refractivity contribution in [2.75, 3.05) is 7.05 Å². The summed E-state index contributed by atoms with van der Waals surface area (Å²) in [5.74, 6) is -3.19. The van der Waals surface area contributed by atoms with E-state index in [9.17, 15) is 18.4 Å². The lowest BCUT2D eigenvalue weighted by Gasteiger charge is -2.17. The Morgan fingerprint density at radius 2 is 1.81 bits per heavy atom. The first-order valence-electron chi connectivity index (χ1n) is 7.96. The van der Waals surface area contributed by atoms with E-state index in [1.54, 1.807) is 6.07 Å². The number of hydrogen-bond donors (Lipinski definition) is 3. The number of aryl methyl sites for hydroxylation is 1. The minimum atomic E-state index is -1.16. The number of carbonyl (C=O) groups excluding carboxylic acids is 2. The van der Waals surface area contributed by atoms with Crippen LogP contribution in [0.4, 0.5) is 8.78 Å². The van der Waals surface area contributed by atoms with E-state index in [0.717, 1.165) is 28.6 Å². The lowest BCUT2D eigenvalue weighted by Crippen LogP contribution is -2.39. The quantitative estimate of drug-likeness (QED) is 0.672. The zero-order chi connectivity index (χ0) is 18.8. The van der Waals surface area contributed by atoms with Crippen LogP contribution in [0.2, 0.25) is 0 Å². The third kappa shape index (κ3) is 3.42. The second kappa shape index (κ2) is 6.95. The molecule has 2 amide bonds. The number of nitrogens with one attached hydrogen (secondary N) is 3. The van der Waals surface area contributed by atoms with Crippen molar-refractivity contribution in [3.63, 3.8) is 0 Å². The van der Waals surface area contributed by atoms with E-state index in [-0.39, 0.29) is 11.3 Å². The second-order valence-corrected chi connectivity index (χ2v) is 5.97. The van der Waals surface area contributed by atoms with Crippen LogP contribution < -0.4 is 10.6 Å². The summed E-state index contributed by atoms with van der Waals surface area (Å²) in [6.45, 7) is 1.94. The molecule has 0 saturated heterocycles. The average Bonchev–Trinajstić information content (AvgIpc) is 3.04. The van der Waals surface area contributed by atoms with E-state index in [1.807, 2.05) is 25.1 Å². The first-order valence-corrected chi connectivity index (χ1v) is 7.96. The van der Waals surface area contributed by atoms with Crippen molar-refractivity contribution in [2.45, 2.75) is 13.0 Å². The Hall–Kier alpha value is -3.22. The van der Waals surface area contributed by atoms with Crippen LogP contribution in [-0.4, -0.2) is 23.8 Å². The first kappa shape index (κ1) is 17.6. The van der Waals surface area contributed by atoms with Gasteiger partial charge in [0.25, 0.3) is 5.91 Å². The maximum atomic E-state index is 13.5. The summed E-state index contributed by atoms with van der Waals surface area (Å²) in [7, 11) is 1.40. The summed E-state index contributed by atoms with van der Waals surface area (Å²) in [4.78, 5) is 27.7. The Bertz CT molecular complexity index is 998. The third-order valence-electron chi connectivity index (χ3n) is 4.08. The number of halogens is 2. The fourth-order valence-electron chi connectivity index (χ4n) is 2.71. The molecule has 3 aromatic rings. The minimum absolute atomic E-state index is 0.142. The van der Waals surface area contributed by atoms with E-state index < -0.39 is 29.5 Å². The summed E-state index contributed by atoms with van der Waals surface area (Å²) >= 11 is 0. The highest BCUT2D eigenvalue weighted by Gasteiger charge is 2.24. The standard InChI is InChI=1S/C19H17F2N3O2/c1-10-3-4-11-9-16(23-15(11)7-10)18(25)24-17(19(26)22-2)12-5-6-13(20)14(21)8-12/h3-9,17,23H,1-2H3,(H,22,26)(H,24,25). The SMILES string of the molecule is CNC(=O)C(NC(=O)c1cc2ccc(C)cc2[nH]1)c1ccc(F)c(F)c1. The van der Waals surface area contributed by atoms with E-state index >= 15 is 0 Å². The molecule has 5 nitrogen and oxygen atoms in total. The second-order valence-electron chi connectivity index (χ2n) is 5.97. The largest absolute Gasteiger partial charge is 0.357 e. The van der Waals surface area contributed by atoms with Gasteiger partial charge >= 0.3 is 0 Å². The molecule has 134 valence electrons. The van der Waals surface area contributed by atoms with Crippen molar-refractivity contribution in [2.24, 2.45) is 0 Å². The predicted molar refractivity (Wildman–Crippen MR) is 93.7 cm³/mol. The molecule has 3 rings (SSSR count). The Balaban J connectivity index is 1.91. The monoisotopic (exact) mass is 357 g/mol. The van der Waals surface area contributed by atoms with Gasteiger partial charge in [-0.3, -0.25) is 9.59 Å². The molecule has 0 aliphatic carbocycles. The van der Waals surface area contributed by atoms with Crippen molar-refractivity contribution in [3.8, 4) is 0 Å². The molecule has 2 aromatic carbocycles. The molecule has 0 saturated carbocycles. The molecule has 26 heavy (non-hydrogen) atoms. The summed E-state index contributed by atoms with van der Waals surface area (Å²) in [5, 5.41) is 5.81. The van der Waals surface area contributed by atoms with Gasteiger partial charge in [0.15, 0.2) is 11.6 Å². The Morgan fingerprint density at radius 3 is 2.50 bits per heavy atom. The van der Waals surface area contributed by atoms with Gasteiger partial charge in [0.05, 0.1) is 0 Å². The van der Waals surface area contributed by atoms with Crippen LogP contribution in [0.15, 0.2) is 42.5 Å². The van der Waals surface area contributed by atoms with Gasteiger partial charge in [0.2, 0.25) is 5.91 Å². The number of aromatic nitrogens is 1. The topological polar surface area (TPSA) is 74.0 Å². The van der Waals surface area contributed by atoms with Crippen LogP contribution in [0, 0.1) is 18.6 Å². The molecule has 0 aliphatic rings. The number of benzene rings is 2. The molecule has 3 N–H and O–H groups in total. The number of H-pyrrole nitrogens is 1. The smallest absolute Gasteiger partial charge is 0.268 e. The van der Waals surface area contributed by atoms with Gasteiger partial charge in [0, 0.05) is 18.0 Å². The summed E-state index contributed by atoms with van der Waals surface area (Å²) in [5.41, 5.74) is 2.24. The van der Waals surface area contributed by atoms with Gasteiger partial charge in [-0.15, -0.1) is 0 Å². The van der Waals surface area contributed by atoms with Crippen LogP contribution >= 0.6 is 0 Å². The molecule has 1 aromatic heterocycles. The minimum Gasteiger partial charge on any atom is -0.357 e. The van der Waals surface area contributed by atoms with E-state index in [0.29, 0.717) is 0 Å². The highest BCUT2D eigenvalue weighted by Crippen LogP contribution is 2.20. The number of fused-ring (bicyclic) bond motifs is 1. The Morgan fingerprint density at radius 1 is 1.04 bits per heavy atom. The summed E-state index contributed by atoms with van der Waals surface area (Å²) in [6, 6.07) is 9.27. The lowest BCUT2D eigenvalue weighted by atomic mass is 10.1. The molecule has 0 bridgehead atoms. The van der Waals surface area contributed by atoms with Crippen molar-refractivity contribution in [1.82, 2.24) is 15.6 Å². The molecular weight excluding hydrogens is 340 g/mol. The molecular formula is C19H17F2N3O2. The first-order chi connectivity index (χ1) is 12.4. The predicted octanol–water partition coefficient (Wildman–Crippen LogP) is 2.97. The van der Waals surface area contributed by atoms with Gasteiger partial charge in [-0.05, 0) is 42.3 Å². The average molecular weight is 357 g/mol. The lowest BCUT2D eigenvalue weighted by molar-refractivity contribution is -0.122. The number of likely N-dealkylation sites (N-methyl/N-ethyl adjacent to an activating group) is 1. The van der Waals surface area contributed by atoms with Gasteiger partial charge in [-0.2, -0.15) is 0 Å². The van der Waals surface area contributed by atoms with Gasteiger partial charge < -0.3 is 15.6 Å². The normalized spacial score (nSPS) is 12.0. The fourth-order valence-corrected chi connectivity index (χ4v) is 2.71. The molecule has 1 heterocycles. The van der Waals surface area contributed by atoms with Crippen molar-refractivity contribution >= 4 is 22.7 Å². The number of rotatable bonds is 4. The molecule has 0 aliphatic heterocycles. The molecule has 0 fully saturated rings. The highest BCUT2D eigenvalue weighted by molar-refractivity contribution is 6.00. The highest BCUT2D eigenvalue weighted by atomic mass is 19.2. The number of amides is 2. The maximum absolute atomic E-state index is 13.5. The fraction of sp³-hybridized carbons (Fsp3) is 0.158. The van der Waals surface area contributed by atoms with Crippen LogP contribution in [0.1, 0.15) is 27.7 Å². The van der Waals surface area contributed by atoms with Crippen molar-refractivity contribution < 1.29 is 18.4 Å². The summed E-state index contributed by atoms with van der Waals surface area (Å²) in [6.07, 6.45) is 0. The number of aromatic amines is 1. The summed E-state index contributed by atoms with van der Waals surface area (Å²) < 4.78 is 26.7. The molecule has 1 unspecified atom stereocenters. The molecule has 0 radical (unpaired) electrons. The number of hydrogen-bond acceptors (Lipinski definition) is 2. The Kier molecular flexibility index (Phi) is 4.71. The zero-order valence-corrected chi connectivity index (χ0v) is 14.2. The van der Waals surface area contributed by atoms with Crippen LogP contribution in [-0.2, 0) is 4.79 Å². The van der Waals surface area contributed by atoms with Crippen molar-refractivity contribution in [3.05, 3.63) is 70.9 Å². The van der Waals surface area contributed by atoms with Gasteiger partial charge in [-0.25, -0.2) is 8.78 Å². The van der Waals surface area contributed by atoms with Crippen molar-refractivity contribution in [1.29, 1.82) is 0 Å². The van der Waals surface area contributed by atoms with Crippen LogP contribution in [0.5, 0.6) is 0 Å². The molecule has 1 atom stereocenters. The van der Waals surface area contributed by atoms with E-state index in [4.69, 9.17) is 0 Å². The zero-order valence-electron chi connectivity index (χ0n) is 14.2.